The van der Waals surface area contributed by atoms with Crippen LogP contribution in [0.4, 0.5) is 0 Å². The Morgan fingerprint density at radius 3 is 2.67 bits per heavy atom. The van der Waals surface area contributed by atoms with Gasteiger partial charge in [0.1, 0.15) is 0 Å². The number of rotatable bonds is 6. The standard InChI is InChI=1S/C12H22N2O/c1-10(2)12(9-15)14(3)7-5-11-4-6-13-8-11/h4,6,8,10,12-13,15H,5,7,9H2,1-3H3. The first-order chi connectivity index (χ1) is 7.15. The number of hydrogen-bond acceptors (Lipinski definition) is 2. The van der Waals surface area contributed by atoms with Crippen LogP contribution in [0.5, 0.6) is 0 Å². The van der Waals surface area contributed by atoms with E-state index in [9.17, 15) is 5.11 Å². The summed E-state index contributed by atoms with van der Waals surface area (Å²) in [4.78, 5) is 5.29. The monoisotopic (exact) mass is 210 g/mol. The minimum Gasteiger partial charge on any atom is -0.395 e. The number of likely N-dealkylation sites (N-methyl/N-ethyl adjacent to an activating group) is 1. The minimum absolute atomic E-state index is 0.237. The van der Waals surface area contributed by atoms with E-state index in [1.54, 1.807) is 0 Å². The fourth-order valence-corrected chi connectivity index (χ4v) is 1.84. The van der Waals surface area contributed by atoms with Gasteiger partial charge in [-0.3, -0.25) is 0 Å². The lowest BCUT2D eigenvalue weighted by molar-refractivity contribution is 0.114. The van der Waals surface area contributed by atoms with Crippen molar-refractivity contribution in [3.05, 3.63) is 24.0 Å². The van der Waals surface area contributed by atoms with E-state index in [0.29, 0.717) is 5.92 Å². The van der Waals surface area contributed by atoms with Crippen LogP contribution in [0.15, 0.2) is 18.5 Å². The fraction of sp³-hybridized carbons (Fsp3) is 0.667. The molecule has 0 fully saturated rings. The number of aromatic amines is 1. The van der Waals surface area contributed by atoms with Crippen LogP contribution in [0.3, 0.4) is 0 Å². The Morgan fingerprint density at radius 2 is 2.20 bits per heavy atom. The van der Waals surface area contributed by atoms with Gasteiger partial charge in [-0.1, -0.05) is 13.8 Å². The summed E-state index contributed by atoms with van der Waals surface area (Å²) >= 11 is 0. The van der Waals surface area contributed by atoms with Crippen molar-refractivity contribution in [1.29, 1.82) is 0 Å². The lowest BCUT2D eigenvalue weighted by atomic mass is 10.0. The molecule has 1 rings (SSSR count). The molecule has 0 aromatic carbocycles. The molecule has 0 radical (unpaired) electrons. The second-order valence-electron chi connectivity index (χ2n) is 4.44. The van der Waals surface area contributed by atoms with Crippen molar-refractivity contribution in [3.63, 3.8) is 0 Å². The summed E-state index contributed by atoms with van der Waals surface area (Å²) < 4.78 is 0. The molecule has 0 bridgehead atoms. The van der Waals surface area contributed by atoms with Crippen LogP contribution in [-0.4, -0.2) is 41.2 Å². The number of H-pyrrole nitrogens is 1. The molecular formula is C12H22N2O. The number of nitrogens with one attached hydrogen (secondary N) is 1. The molecular weight excluding hydrogens is 188 g/mol. The molecule has 0 saturated carbocycles. The Labute approximate surface area is 92.1 Å². The average molecular weight is 210 g/mol. The second kappa shape index (κ2) is 5.93. The minimum atomic E-state index is 0.237. The van der Waals surface area contributed by atoms with Gasteiger partial charge in [0.15, 0.2) is 0 Å². The van der Waals surface area contributed by atoms with E-state index in [1.165, 1.54) is 5.56 Å². The van der Waals surface area contributed by atoms with Crippen LogP contribution in [0, 0.1) is 5.92 Å². The third-order valence-electron chi connectivity index (χ3n) is 2.94. The van der Waals surface area contributed by atoms with Crippen molar-refractivity contribution in [2.24, 2.45) is 5.92 Å². The molecule has 1 aromatic heterocycles. The van der Waals surface area contributed by atoms with Crippen molar-refractivity contribution in [2.75, 3.05) is 20.2 Å². The number of aliphatic hydroxyl groups is 1. The maximum absolute atomic E-state index is 9.28. The normalized spacial score (nSPS) is 13.7. The van der Waals surface area contributed by atoms with E-state index in [4.69, 9.17) is 0 Å². The highest BCUT2D eigenvalue weighted by molar-refractivity contribution is 5.08. The molecule has 3 nitrogen and oxygen atoms in total. The predicted octanol–water partition coefficient (Wildman–Crippen LogP) is 1.51. The molecule has 1 aromatic rings. The summed E-state index contributed by atoms with van der Waals surface area (Å²) in [6.07, 6.45) is 5.00. The summed E-state index contributed by atoms with van der Waals surface area (Å²) in [7, 11) is 2.08. The summed E-state index contributed by atoms with van der Waals surface area (Å²) in [5.74, 6) is 0.492. The largest absolute Gasteiger partial charge is 0.395 e. The Kier molecular flexibility index (Phi) is 4.85. The summed E-state index contributed by atoms with van der Waals surface area (Å²) in [5.41, 5.74) is 1.32. The van der Waals surface area contributed by atoms with Crippen LogP contribution in [-0.2, 0) is 6.42 Å². The van der Waals surface area contributed by atoms with Crippen molar-refractivity contribution < 1.29 is 5.11 Å². The number of aromatic nitrogens is 1. The smallest absolute Gasteiger partial charge is 0.0589 e. The molecule has 0 saturated heterocycles. The second-order valence-corrected chi connectivity index (χ2v) is 4.44. The summed E-state index contributed by atoms with van der Waals surface area (Å²) in [5, 5.41) is 9.28. The topological polar surface area (TPSA) is 39.3 Å². The molecule has 3 heteroatoms. The van der Waals surface area contributed by atoms with Gasteiger partial charge < -0.3 is 15.0 Å². The molecule has 0 aliphatic rings. The van der Waals surface area contributed by atoms with Crippen molar-refractivity contribution in [3.8, 4) is 0 Å². The molecule has 2 N–H and O–H groups in total. The number of hydrogen-bond donors (Lipinski definition) is 2. The van der Waals surface area contributed by atoms with Gasteiger partial charge in [-0.2, -0.15) is 0 Å². The van der Waals surface area contributed by atoms with E-state index in [-0.39, 0.29) is 12.6 Å². The number of aliphatic hydroxyl groups excluding tert-OH is 1. The van der Waals surface area contributed by atoms with E-state index in [1.807, 2.05) is 12.4 Å². The molecule has 0 aliphatic carbocycles. The van der Waals surface area contributed by atoms with Gasteiger partial charge in [-0.25, -0.2) is 0 Å². The Hall–Kier alpha value is -0.800. The van der Waals surface area contributed by atoms with Gasteiger partial charge in [-0.05, 0) is 31.0 Å². The maximum Gasteiger partial charge on any atom is 0.0589 e. The number of nitrogens with zero attached hydrogens (tertiary/aromatic N) is 1. The van der Waals surface area contributed by atoms with Crippen molar-refractivity contribution >= 4 is 0 Å². The van der Waals surface area contributed by atoms with Gasteiger partial charge in [-0.15, -0.1) is 0 Å². The first-order valence-corrected chi connectivity index (χ1v) is 5.58. The molecule has 1 unspecified atom stereocenters. The van der Waals surface area contributed by atoms with Crippen molar-refractivity contribution in [2.45, 2.75) is 26.3 Å². The SMILES string of the molecule is CC(C)C(CO)N(C)CCc1cc[nH]c1. The van der Waals surface area contributed by atoms with E-state index in [0.717, 1.165) is 13.0 Å². The van der Waals surface area contributed by atoms with Crippen LogP contribution in [0.25, 0.3) is 0 Å². The molecule has 86 valence electrons. The lowest BCUT2D eigenvalue weighted by Crippen LogP contribution is -2.39. The fourth-order valence-electron chi connectivity index (χ4n) is 1.84. The highest BCUT2D eigenvalue weighted by atomic mass is 16.3. The molecule has 1 heterocycles. The van der Waals surface area contributed by atoms with Gasteiger partial charge in [0, 0.05) is 25.0 Å². The lowest BCUT2D eigenvalue weighted by Gasteiger charge is -2.29. The van der Waals surface area contributed by atoms with Gasteiger partial charge in [0.05, 0.1) is 6.61 Å². The highest BCUT2D eigenvalue weighted by Gasteiger charge is 2.16. The van der Waals surface area contributed by atoms with Crippen LogP contribution < -0.4 is 0 Å². The molecule has 0 aliphatic heterocycles. The first-order valence-electron chi connectivity index (χ1n) is 5.58. The van der Waals surface area contributed by atoms with Crippen LogP contribution in [0.1, 0.15) is 19.4 Å². The van der Waals surface area contributed by atoms with Gasteiger partial charge in [0.25, 0.3) is 0 Å². The average Bonchev–Trinajstić information content (AvgIpc) is 2.67. The third kappa shape index (κ3) is 3.68. The van der Waals surface area contributed by atoms with Gasteiger partial charge >= 0.3 is 0 Å². The van der Waals surface area contributed by atoms with Crippen molar-refractivity contribution in [1.82, 2.24) is 9.88 Å². The third-order valence-corrected chi connectivity index (χ3v) is 2.94. The summed E-state index contributed by atoms with van der Waals surface area (Å²) in [6.45, 7) is 5.52. The highest BCUT2D eigenvalue weighted by Crippen LogP contribution is 2.09. The molecule has 0 amide bonds. The Bertz CT molecular complexity index is 257. The van der Waals surface area contributed by atoms with E-state index in [2.05, 4.69) is 36.8 Å². The Morgan fingerprint density at radius 1 is 1.47 bits per heavy atom. The molecule has 15 heavy (non-hydrogen) atoms. The van der Waals surface area contributed by atoms with Gasteiger partial charge in [0.2, 0.25) is 0 Å². The Balaban J connectivity index is 2.37. The quantitative estimate of drug-likeness (QED) is 0.747. The zero-order valence-corrected chi connectivity index (χ0v) is 9.90. The van der Waals surface area contributed by atoms with Crippen LogP contribution >= 0.6 is 0 Å². The van der Waals surface area contributed by atoms with Crippen LogP contribution in [0.2, 0.25) is 0 Å². The molecule has 0 spiro atoms. The zero-order valence-electron chi connectivity index (χ0n) is 9.90. The first kappa shape index (κ1) is 12.3. The maximum atomic E-state index is 9.28. The predicted molar refractivity (Wildman–Crippen MR) is 62.8 cm³/mol. The van der Waals surface area contributed by atoms with E-state index < -0.39 is 0 Å². The summed E-state index contributed by atoms with van der Waals surface area (Å²) in [6, 6.07) is 2.36. The zero-order chi connectivity index (χ0) is 11.3. The van der Waals surface area contributed by atoms with E-state index >= 15 is 0 Å². The molecule has 1 atom stereocenters.